The molecule has 0 aliphatic carbocycles. The molecule has 0 fully saturated rings. The predicted octanol–water partition coefficient (Wildman–Crippen LogP) is 6.61. The summed E-state index contributed by atoms with van der Waals surface area (Å²) >= 11 is 3.51. The van der Waals surface area contributed by atoms with Gasteiger partial charge in [0.25, 0.3) is 0 Å². The molecule has 0 amide bonds. The molecular weight excluding hydrogens is 416 g/mol. The smallest absolute Gasteiger partial charge is 0.349 e. The first-order valence-corrected chi connectivity index (χ1v) is 10.1. The van der Waals surface area contributed by atoms with Gasteiger partial charge in [0.2, 0.25) is 0 Å². The Bertz CT molecular complexity index is 920. The molecule has 0 heterocycles. The summed E-state index contributed by atoms with van der Waals surface area (Å²) in [5.41, 5.74) is 3.43. The van der Waals surface area contributed by atoms with Gasteiger partial charge in [-0.3, -0.25) is 0 Å². The number of hydrogen-bond acceptors (Lipinski definition) is 3. The van der Waals surface area contributed by atoms with Gasteiger partial charge in [-0.05, 0) is 69.2 Å². The van der Waals surface area contributed by atoms with Crippen LogP contribution in [-0.4, -0.2) is 12.6 Å². The summed E-state index contributed by atoms with van der Waals surface area (Å²) in [4.78, 5) is 12.1. The SMILES string of the molecule is CCC(C)c1ccc(OC(=O)COc2ccc(-c3ccccc3)cc2Br)cc1. The first kappa shape index (κ1) is 20.2. The molecule has 1 atom stereocenters. The predicted molar refractivity (Wildman–Crippen MR) is 116 cm³/mol. The third-order valence-corrected chi connectivity index (χ3v) is 5.30. The lowest BCUT2D eigenvalue weighted by Gasteiger charge is -2.11. The van der Waals surface area contributed by atoms with Crippen LogP contribution in [0.5, 0.6) is 11.5 Å². The lowest BCUT2D eigenvalue weighted by molar-refractivity contribution is -0.136. The Kier molecular flexibility index (Phi) is 6.88. The van der Waals surface area contributed by atoms with E-state index in [1.54, 1.807) is 0 Å². The Morgan fingerprint density at radius 3 is 2.32 bits per heavy atom. The summed E-state index contributed by atoms with van der Waals surface area (Å²) in [6, 6.07) is 23.5. The van der Waals surface area contributed by atoms with E-state index in [4.69, 9.17) is 9.47 Å². The second-order valence-electron chi connectivity index (χ2n) is 6.65. The fraction of sp³-hybridized carbons (Fsp3) is 0.208. The molecule has 1 unspecified atom stereocenters. The van der Waals surface area contributed by atoms with Gasteiger partial charge in [0.1, 0.15) is 11.5 Å². The van der Waals surface area contributed by atoms with E-state index in [0.29, 0.717) is 17.4 Å². The normalized spacial score (nSPS) is 11.7. The third-order valence-electron chi connectivity index (χ3n) is 4.68. The van der Waals surface area contributed by atoms with Crippen molar-refractivity contribution >= 4 is 21.9 Å². The summed E-state index contributed by atoms with van der Waals surface area (Å²) in [5.74, 6) is 1.18. The monoisotopic (exact) mass is 438 g/mol. The van der Waals surface area contributed by atoms with Gasteiger partial charge < -0.3 is 9.47 Å². The van der Waals surface area contributed by atoms with Gasteiger partial charge in [-0.15, -0.1) is 0 Å². The fourth-order valence-corrected chi connectivity index (χ4v) is 3.32. The number of halogens is 1. The molecule has 144 valence electrons. The first-order chi connectivity index (χ1) is 13.6. The molecule has 0 bridgehead atoms. The van der Waals surface area contributed by atoms with Crippen molar-refractivity contribution in [2.75, 3.05) is 6.61 Å². The van der Waals surface area contributed by atoms with Crippen molar-refractivity contribution in [1.29, 1.82) is 0 Å². The first-order valence-electron chi connectivity index (χ1n) is 9.35. The average Bonchev–Trinajstić information content (AvgIpc) is 2.73. The molecule has 3 rings (SSSR count). The van der Waals surface area contributed by atoms with Crippen LogP contribution >= 0.6 is 15.9 Å². The lowest BCUT2D eigenvalue weighted by Crippen LogP contribution is -2.17. The van der Waals surface area contributed by atoms with Gasteiger partial charge in [-0.2, -0.15) is 0 Å². The average molecular weight is 439 g/mol. The molecule has 3 aromatic rings. The molecule has 3 aromatic carbocycles. The maximum Gasteiger partial charge on any atom is 0.349 e. The molecule has 0 aliphatic heterocycles. The van der Waals surface area contributed by atoms with Crippen molar-refractivity contribution in [3.8, 4) is 22.6 Å². The van der Waals surface area contributed by atoms with E-state index in [9.17, 15) is 4.79 Å². The highest BCUT2D eigenvalue weighted by atomic mass is 79.9. The Labute approximate surface area is 174 Å². The molecule has 28 heavy (non-hydrogen) atoms. The van der Waals surface area contributed by atoms with Gasteiger partial charge in [0, 0.05) is 0 Å². The maximum absolute atomic E-state index is 12.1. The van der Waals surface area contributed by atoms with Gasteiger partial charge in [-0.25, -0.2) is 4.79 Å². The minimum absolute atomic E-state index is 0.156. The van der Waals surface area contributed by atoms with Crippen LogP contribution < -0.4 is 9.47 Å². The molecule has 0 aliphatic rings. The Hall–Kier alpha value is -2.59. The highest BCUT2D eigenvalue weighted by Crippen LogP contribution is 2.30. The number of rotatable bonds is 7. The molecule has 0 aromatic heterocycles. The van der Waals surface area contributed by atoms with E-state index in [-0.39, 0.29) is 6.61 Å². The quantitative estimate of drug-likeness (QED) is 0.307. The summed E-state index contributed by atoms with van der Waals surface area (Å²) in [6.45, 7) is 4.17. The minimum Gasteiger partial charge on any atom is -0.481 e. The minimum atomic E-state index is -0.435. The highest BCUT2D eigenvalue weighted by molar-refractivity contribution is 9.10. The zero-order chi connectivity index (χ0) is 19.9. The largest absolute Gasteiger partial charge is 0.481 e. The molecule has 0 spiro atoms. The van der Waals surface area contributed by atoms with E-state index in [2.05, 4.69) is 29.8 Å². The van der Waals surface area contributed by atoms with Crippen LogP contribution in [0.1, 0.15) is 31.7 Å². The van der Waals surface area contributed by atoms with Gasteiger partial charge >= 0.3 is 5.97 Å². The molecule has 0 radical (unpaired) electrons. The Morgan fingerprint density at radius 2 is 1.68 bits per heavy atom. The van der Waals surface area contributed by atoms with E-state index < -0.39 is 5.97 Å². The van der Waals surface area contributed by atoms with Crippen molar-refractivity contribution in [2.24, 2.45) is 0 Å². The summed E-state index contributed by atoms with van der Waals surface area (Å²) in [6.07, 6.45) is 1.07. The topological polar surface area (TPSA) is 35.5 Å². The molecular formula is C24H23BrO3. The van der Waals surface area contributed by atoms with Crippen LogP contribution in [0.2, 0.25) is 0 Å². The highest BCUT2D eigenvalue weighted by Gasteiger charge is 2.10. The number of carbonyl (C=O) groups is 1. The van der Waals surface area contributed by atoms with Crippen LogP contribution in [-0.2, 0) is 4.79 Å². The standard InChI is InChI=1S/C24H23BrO3/c1-3-17(2)18-9-12-21(13-10-18)28-24(26)16-27-23-14-11-20(15-22(23)25)19-7-5-4-6-8-19/h4-15,17H,3,16H2,1-2H3. The van der Waals surface area contributed by atoms with Crippen molar-refractivity contribution in [1.82, 2.24) is 0 Å². The van der Waals surface area contributed by atoms with Crippen molar-refractivity contribution < 1.29 is 14.3 Å². The van der Waals surface area contributed by atoms with Crippen LogP contribution in [0.3, 0.4) is 0 Å². The summed E-state index contributed by atoms with van der Waals surface area (Å²) < 4.78 is 11.8. The van der Waals surface area contributed by atoms with Gasteiger partial charge in [0.05, 0.1) is 4.47 Å². The summed E-state index contributed by atoms with van der Waals surface area (Å²) in [5, 5.41) is 0. The molecule has 0 N–H and O–H groups in total. The zero-order valence-electron chi connectivity index (χ0n) is 16.0. The second-order valence-corrected chi connectivity index (χ2v) is 7.51. The van der Waals surface area contributed by atoms with E-state index in [1.807, 2.05) is 72.8 Å². The lowest BCUT2D eigenvalue weighted by atomic mass is 9.99. The fourth-order valence-electron chi connectivity index (χ4n) is 2.83. The Balaban J connectivity index is 1.57. The second kappa shape index (κ2) is 9.56. The number of esters is 1. The van der Waals surface area contributed by atoms with E-state index >= 15 is 0 Å². The zero-order valence-corrected chi connectivity index (χ0v) is 17.6. The van der Waals surface area contributed by atoms with Crippen LogP contribution in [0.25, 0.3) is 11.1 Å². The number of benzene rings is 3. The van der Waals surface area contributed by atoms with Crippen LogP contribution in [0, 0.1) is 0 Å². The van der Waals surface area contributed by atoms with Crippen LogP contribution in [0.4, 0.5) is 0 Å². The number of ether oxygens (including phenoxy) is 2. The molecule has 0 saturated carbocycles. The van der Waals surface area contributed by atoms with Crippen molar-refractivity contribution in [3.05, 3.63) is 82.8 Å². The third kappa shape index (κ3) is 5.23. The van der Waals surface area contributed by atoms with Crippen molar-refractivity contribution in [3.63, 3.8) is 0 Å². The van der Waals surface area contributed by atoms with E-state index in [0.717, 1.165) is 22.0 Å². The van der Waals surface area contributed by atoms with Crippen LogP contribution in [0.15, 0.2) is 77.3 Å². The Morgan fingerprint density at radius 1 is 0.964 bits per heavy atom. The summed E-state index contributed by atoms with van der Waals surface area (Å²) in [7, 11) is 0. The van der Waals surface area contributed by atoms with Crippen molar-refractivity contribution in [2.45, 2.75) is 26.2 Å². The number of carbonyl (C=O) groups excluding carboxylic acids is 1. The van der Waals surface area contributed by atoms with E-state index in [1.165, 1.54) is 5.56 Å². The van der Waals surface area contributed by atoms with Gasteiger partial charge in [-0.1, -0.05) is 62.4 Å². The molecule has 3 nitrogen and oxygen atoms in total. The molecule has 4 heteroatoms. The number of hydrogen-bond donors (Lipinski definition) is 0. The maximum atomic E-state index is 12.1. The molecule has 0 saturated heterocycles. The van der Waals surface area contributed by atoms with Gasteiger partial charge in [0.15, 0.2) is 6.61 Å².